The number of aromatic nitrogens is 2. The third-order valence-corrected chi connectivity index (χ3v) is 7.33. The van der Waals surface area contributed by atoms with E-state index in [-0.39, 0.29) is 11.5 Å². The number of rotatable bonds is 7. The van der Waals surface area contributed by atoms with Gasteiger partial charge in [-0.15, -0.1) is 0 Å². The van der Waals surface area contributed by atoms with E-state index in [2.05, 4.69) is 45.3 Å². The standard InChI is InChI=1S/C22H38N6O/c1-3-28-17-19(15-24-28)16-27-12-6-7-22(8-13-25(2)18-20(22)27)21(29)23-9-14-26-10-4-5-11-26/h15,17,20H,3-14,16,18H2,1-2H3,(H,23,29)/t20-,22+/m0/s1. The van der Waals surface area contributed by atoms with Gasteiger partial charge in [0.2, 0.25) is 5.91 Å². The van der Waals surface area contributed by atoms with Crippen molar-refractivity contribution in [2.75, 3.05) is 52.9 Å². The Hall–Kier alpha value is -1.44. The monoisotopic (exact) mass is 402 g/mol. The van der Waals surface area contributed by atoms with E-state index in [0.717, 1.165) is 65.1 Å². The molecule has 1 aromatic heterocycles. The Morgan fingerprint density at radius 1 is 1.21 bits per heavy atom. The van der Waals surface area contributed by atoms with Crippen molar-refractivity contribution in [3.05, 3.63) is 18.0 Å². The molecule has 162 valence electrons. The van der Waals surface area contributed by atoms with Crippen LogP contribution in [0.15, 0.2) is 12.4 Å². The van der Waals surface area contributed by atoms with Gasteiger partial charge in [0, 0.05) is 50.5 Å². The Labute approximate surface area is 175 Å². The van der Waals surface area contributed by atoms with Crippen LogP contribution in [-0.4, -0.2) is 89.3 Å². The molecule has 0 unspecified atom stereocenters. The molecule has 1 amide bonds. The second kappa shape index (κ2) is 9.14. The highest BCUT2D eigenvalue weighted by Gasteiger charge is 2.52. The van der Waals surface area contributed by atoms with Gasteiger partial charge in [-0.3, -0.25) is 14.4 Å². The molecule has 3 aliphatic heterocycles. The van der Waals surface area contributed by atoms with Gasteiger partial charge in [0.1, 0.15) is 0 Å². The van der Waals surface area contributed by atoms with Crippen LogP contribution in [0, 0.1) is 5.41 Å². The lowest BCUT2D eigenvalue weighted by atomic mass is 9.67. The normalized spacial score (nSPS) is 29.1. The average molecular weight is 403 g/mol. The van der Waals surface area contributed by atoms with E-state index in [9.17, 15) is 4.79 Å². The number of fused-ring (bicyclic) bond motifs is 1. The van der Waals surface area contributed by atoms with Gasteiger partial charge in [0.15, 0.2) is 0 Å². The summed E-state index contributed by atoms with van der Waals surface area (Å²) in [5.74, 6) is 0.295. The molecular formula is C22H38N6O. The molecule has 29 heavy (non-hydrogen) atoms. The van der Waals surface area contributed by atoms with Crippen molar-refractivity contribution < 1.29 is 4.79 Å². The van der Waals surface area contributed by atoms with Crippen molar-refractivity contribution in [1.82, 2.24) is 29.8 Å². The zero-order valence-electron chi connectivity index (χ0n) is 18.3. The first-order chi connectivity index (χ1) is 14.1. The zero-order valence-corrected chi connectivity index (χ0v) is 18.3. The van der Waals surface area contributed by atoms with Crippen LogP contribution in [-0.2, 0) is 17.9 Å². The molecule has 3 aliphatic rings. The number of hydrogen-bond donors (Lipinski definition) is 1. The molecule has 0 saturated carbocycles. The molecule has 0 spiro atoms. The fourth-order valence-electron chi connectivity index (χ4n) is 5.60. The number of nitrogens with one attached hydrogen (secondary N) is 1. The van der Waals surface area contributed by atoms with Crippen molar-refractivity contribution in [1.29, 1.82) is 0 Å². The second-order valence-electron chi connectivity index (χ2n) is 9.27. The maximum atomic E-state index is 13.5. The minimum atomic E-state index is -0.240. The number of piperidine rings is 2. The summed E-state index contributed by atoms with van der Waals surface area (Å²) < 4.78 is 1.99. The number of carbonyl (C=O) groups excluding carboxylic acids is 1. The van der Waals surface area contributed by atoms with Crippen molar-refractivity contribution in [2.24, 2.45) is 5.41 Å². The molecule has 1 N–H and O–H groups in total. The van der Waals surface area contributed by atoms with Gasteiger partial charge >= 0.3 is 0 Å². The predicted molar refractivity (Wildman–Crippen MR) is 115 cm³/mol. The first-order valence-electron chi connectivity index (χ1n) is 11.6. The molecule has 1 aromatic rings. The lowest BCUT2D eigenvalue weighted by Gasteiger charge is -2.53. The van der Waals surface area contributed by atoms with Crippen LogP contribution < -0.4 is 5.32 Å². The number of amides is 1. The third kappa shape index (κ3) is 4.52. The van der Waals surface area contributed by atoms with E-state index < -0.39 is 0 Å². The highest BCUT2D eigenvalue weighted by molar-refractivity contribution is 5.84. The smallest absolute Gasteiger partial charge is 0.227 e. The Morgan fingerprint density at radius 2 is 2.03 bits per heavy atom. The van der Waals surface area contributed by atoms with Crippen molar-refractivity contribution in [3.63, 3.8) is 0 Å². The Balaban J connectivity index is 1.44. The lowest BCUT2D eigenvalue weighted by Crippen LogP contribution is -2.65. The molecule has 4 heterocycles. The molecule has 0 aromatic carbocycles. The maximum Gasteiger partial charge on any atom is 0.227 e. The number of carbonyl (C=O) groups is 1. The van der Waals surface area contributed by atoms with E-state index in [1.807, 2.05) is 10.9 Å². The van der Waals surface area contributed by atoms with Crippen LogP contribution in [0.5, 0.6) is 0 Å². The summed E-state index contributed by atoms with van der Waals surface area (Å²) in [5, 5.41) is 7.78. The van der Waals surface area contributed by atoms with Gasteiger partial charge in [-0.2, -0.15) is 5.10 Å². The van der Waals surface area contributed by atoms with E-state index >= 15 is 0 Å². The summed E-state index contributed by atoms with van der Waals surface area (Å²) in [7, 11) is 2.19. The topological polar surface area (TPSA) is 56.6 Å². The van der Waals surface area contributed by atoms with Crippen molar-refractivity contribution >= 4 is 5.91 Å². The van der Waals surface area contributed by atoms with Crippen LogP contribution in [0.1, 0.15) is 44.6 Å². The van der Waals surface area contributed by atoms with Gasteiger partial charge in [-0.25, -0.2) is 0 Å². The number of aryl methyl sites for hydroxylation is 1. The molecular weight excluding hydrogens is 364 g/mol. The van der Waals surface area contributed by atoms with Gasteiger partial charge in [0.05, 0.1) is 11.6 Å². The molecule has 3 saturated heterocycles. The summed E-state index contributed by atoms with van der Waals surface area (Å²) in [6.07, 6.45) is 9.83. The largest absolute Gasteiger partial charge is 0.354 e. The van der Waals surface area contributed by atoms with Crippen LogP contribution in [0.25, 0.3) is 0 Å². The summed E-state index contributed by atoms with van der Waals surface area (Å²) in [6, 6.07) is 0.284. The Bertz CT molecular complexity index is 685. The summed E-state index contributed by atoms with van der Waals surface area (Å²) in [5.41, 5.74) is 1.02. The number of likely N-dealkylation sites (tertiary alicyclic amines) is 3. The average Bonchev–Trinajstić information content (AvgIpc) is 3.40. The van der Waals surface area contributed by atoms with Crippen LogP contribution in [0.3, 0.4) is 0 Å². The highest BCUT2D eigenvalue weighted by Crippen LogP contribution is 2.43. The van der Waals surface area contributed by atoms with Gasteiger partial charge < -0.3 is 15.1 Å². The minimum Gasteiger partial charge on any atom is -0.354 e. The molecule has 3 fully saturated rings. The Kier molecular flexibility index (Phi) is 6.56. The van der Waals surface area contributed by atoms with Crippen molar-refractivity contribution in [3.8, 4) is 0 Å². The van der Waals surface area contributed by atoms with E-state index in [1.165, 1.54) is 31.5 Å². The van der Waals surface area contributed by atoms with Gasteiger partial charge in [0.25, 0.3) is 0 Å². The third-order valence-electron chi connectivity index (χ3n) is 7.33. The molecule has 7 heteroatoms. The van der Waals surface area contributed by atoms with Gasteiger partial charge in [-0.1, -0.05) is 0 Å². The summed E-state index contributed by atoms with van der Waals surface area (Å²) >= 11 is 0. The van der Waals surface area contributed by atoms with Crippen LogP contribution in [0.4, 0.5) is 0 Å². The van der Waals surface area contributed by atoms with Crippen molar-refractivity contribution in [2.45, 2.75) is 58.2 Å². The molecule has 4 rings (SSSR count). The van der Waals surface area contributed by atoms with E-state index in [0.29, 0.717) is 5.91 Å². The van der Waals surface area contributed by atoms with Crippen LogP contribution >= 0.6 is 0 Å². The van der Waals surface area contributed by atoms with E-state index in [1.54, 1.807) is 0 Å². The predicted octanol–water partition coefficient (Wildman–Crippen LogP) is 1.40. The highest BCUT2D eigenvalue weighted by atomic mass is 16.2. The quantitative estimate of drug-likeness (QED) is 0.747. The number of likely N-dealkylation sites (N-methyl/N-ethyl adjacent to an activating group) is 1. The Morgan fingerprint density at radius 3 is 2.79 bits per heavy atom. The molecule has 0 bridgehead atoms. The van der Waals surface area contributed by atoms with E-state index in [4.69, 9.17) is 0 Å². The lowest BCUT2D eigenvalue weighted by molar-refractivity contribution is -0.145. The van der Waals surface area contributed by atoms with Gasteiger partial charge in [-0.05, 0) is 72.3 Å². The molecule has 2 atom stereocenters. The zero-order chi connectivity index (χ0) is 20.3. The first-order valence-corrected chi connectivity index (χ1v) is 11.6. The second-order valence-corrected chi connectivity index (χ2v) is 9.27. The number of hydrogen-bond acceptors (Lipinski definition) is 5. The fourth-order valence-corrected chi connectivity index (χ4v) is 5.60. The SMILES string of the molecule is CCn1cc(CN2CCC[C@@]3(C(=O)NCCN4CCCC4)CCN(C)C[C@H]23)cn1. The van der Waals surface area contributed by atoms with Crippen LogP contribution in [0.2, 0.25) is 0 Å². The number of nitrogens with zero attached hydrogens (tertiary/aromatic N) is 5. The first kappa shape index (κ1) is 20.8. The molecule has 0 radical (unpaired) electrons. The summed E-state index contributed by atoms with van der Waals surface area (Å²) in [6.45, 7) is 11.1. The maximum absolute atomic E-state index is 13.5. The summed E-state index contributed by atoms with van der Waals surface area (Å²) in [4.78, 5) is 20.9. The minimum absolute atomic E-state index is 0.240. The fraction of sp³-hybridized carbons (Fsp3) is 0.818. The molecule has 7 nitrogen and oxygen atoms in total. The molecule has 0 aliphatic carbocycles.